The zero-order chi connectivity index (χ0) is 7.40. The first-order valence-electron chi connectivity index (χ1n) is 3.01. The fourth-order valence-corrected chi connectivity index (χ4v) is 0.911. The molecule has 0 spiro atoms. The number of anilines is 1. The van der Waals surface area contributed by atoms with Gasteiger partial charge in [-0.15, -0.1) is 12.4 Å². The Balaban J connectivity index is 0.000001000. The summed E-state index contributed by atoms with van der Waals surface area (Å²) in [5, 5.41) is 0. The van der Waals surface area contributed by atoms with Gasteiger partial charge in [0.25, 0.3) is 0 Å². The van der Waals surface area contributed by atoms with E-state index >= 15 is 0 Å². The van der Waals surface area contributed by atoms with Gasteiger partial charge in [0.15, 0.2) is 0 Å². The van der Waals surface area contributed by atoms with Gasteiger partial charge in [0.2, 0.25) is 0 Å². The summed E-state index contributed by atoms with van der Waals surface area (Å²) in [5.74, 6) is 0. The van der Waals surface area contributed by atoms with Crippen LogP contribution >= 0.6 is 24.2 Å². The number of hydrogen-bond donors (Lipinski definition) is 2. The fraction of sp³-hybridized carbons (Fsp3) is 0.143. The third-order valence-electron chi connectivity index (χ3n) is 1.31. The molecule has 1 aromatic carbocycles. The molecular formula is C7H10Cl2N2. The Hall–Kier alpha value is -0.440. The van der Waals surface area contributed by atoms with Crippen molar-refractivity contribution in [2.24, 2.45) is 0 Å². The van der Waals surface area contributed by atoms with Gasteiger partial charge in [-0.2, -0.15) is 0 Å². The summed E-state index contributed by atoms with van der Waals surface area (Å²) in [6, 6.07) is 7.61. The molecule has 0 saturated carbocycles. The first-order chi connectivity index (χ1) is 4.84. The van der Waals surface area contributed by atoms with Crippen LogP contribution in [-0.2, 0) is 6.54 Å². The monoisotopic (exact) mass is 192 g/mol. The molecule has 0 unspecified atom stereocenters. The van der Waals surface area contributed by atoms with E-state index in [1.807, 2.05) is 24.3 Å². The summed E-state index contributed by atoms with van der Waals surface area (Å²) in [6.07, 6.45) is 0. The third-order valence-corrected chi connectivity index (χ3v) is 1.45. The van der Waals surface area contributed by atoms with Crippen molar-refractivity contribution in [3.8, 4) is 0 Å². The Morgan fingerprint density at radius 3 is 2.55 bits per heavy atom. The van der Waals surface area contributed by atoms with E-state index < -0.39 is 0 Å². The lowest BCUT2D eigenvalue weighted by Gasteiger charge is -2.01. The van der Waals surface area contributed by atoms with E-state index in [0.29, 0.717) is 6.54 Å². The number of nitrogen functional groups attached to an aromatic ring is 1. The van der Waals surface area contributed by atoms with Gasteiger partial charge >= 0.3 is 0 Å². The molecule has 0 atom stereocenters. The van der Waals surface area contributed by atoms with E-state index in [0.717, 1.165) is 11.3 Å². The van der Waals surface area contributed by atoms with Crippen molar-refractivity contribution in [2.45, 2.75) is 6.54 Å². The van der Waals surface area contributed by atoms with Crippen LogP contribution in [0.25, 0.3) is 0 Å². The van der Waals surface area contributed by atoms with Crippen LogP contribution in [0.15, 0.2) is 24.3 Å². The standard InChI is InChI=1S/C7H9ClN2.ClH/c8-10-5-6-3-1-2-4-7(6)9;/h1-4,10H,5,9H2;1H. The molecule has 62 valence electrons. The molecule has 0 aliphatic carbocycles. The van der Waals surface area contributed by atoms with Gasteiger partial charge in [0.1, 0.15) is 0 Å². The van der Waals surface area contributed by atoms with Crippen molar-refractivity contribution in [1.82, 2.24) is 4.84 Å². The molecule has 2 nitrogen and oxygen atoms in total. The van der Waals surface area contributed by atoms with E-state index in [2.05, 4.69) is 4.84 Å². The Labute approximate surface area is 77.3 Å². The SMILES string of the molecule is Cl.Nc1ccccc1CNCl. The lowest BCUT2D eigenvalue weighted by atomic mass is 10.2. The van der Waals surface area contributed by atoms with Crippen LogP contribution in [0.4, 0.5) is 5.69 Å². The maximum atomic E-state index is 5.61. The predicted molar refractivity (Wildman–Crippen MR) is 50.8 cm³/mol. The zero-order valence-electron chi connectivity index (χ0n) is 5.88. The van der Waals surface area contributed by atoms with Crippen molar-refractivity contribution in [3.05, 3.63) is 29.8 Å². The first-order valence-corrected chi connectivity index (χ1v) is 3.39. The van der Waals surface area contributed by atoms with Crippen LogP contribution in [-0.4, -0.2) is 0 Å². The number of halogens is 2. The zero-order valence-corrected chi connectivity index (χ0v) is 7.45. The number of hydrogen-bond acceptors (Lipinski definition) is 2. The lowest BCUT2D eigenvalue weighted by molar-refractivity contribution is 0.967. The van der Waals surface area contributed by atoms with Gasteiger partial charge in [0, 0.05) is 12.2 Å². The second kappa shape index (κ2) is 5.24. The number of rotatable bonds is 2. The highest BCUT2D eigenvalue weighted by Crippen LogP contribution is 2.09. The molecule has 0 bridgehead atoms. The highest BCUT2D eigenvalue weighted by Gasteiger charge is 1.93. The normalized spacial score (nSPS) is 8.82. The van der Waals surface area contributed by atoms with Gasteiger partial charge in [-0.3, -0.25) is 0 Å². The molecule has 0 radical (unpaired) electrons. The van der Waals surface area contributed by atoms with Crippen LogP contribution in [0.3, 0.4) is 0 Å². The molecule has 1 rings (SSSR count). The van der Waals surface area contributed by atoms with E-state index in [1.54, 1.807) is 0 Å². The maximum Gasteiger partial charge on any atom is 0.0379 e. The molecule has 0 saturated heterocycles. The highest BCUT2D eigenvalue weighted by molar-refractivity contribution is 6.13. The molecule has 4 heteroatoms. The average Bonchev–Trinajstić information content (AvgIpc) is 1.94. The molecule has 0 aliphatic heterocycles. The minimum atomic E-state index is 0. The molecule has 0 heterocycles. The number of benzene rings is 1. The van der Waals surface area contributed by atoms with Gasteiger partial charge < -0.3 is 5.73 Å². The number of para-hydroxylation sites is 1. The quantitative estimate of drug-likeness (QED) is 0.556. The second-order valence-corrected chi connectivity index (χ2v) is 2.28. The van der Waals surface area contributed by atoms with Crippen molar-refractivity contribution in [2.75, 3.05) is 5.73 Å². The van der Waals surface area contributed by atoms with E-state index in [9.17, 15) is 0 Å². The molecule has 0 fully saturated rings. The molecule has 0 aromatic heterocycles. The minimum Gasteiger partial charge on any atom is -0.398 e. The largest absolute Gasteiger partial charge is 0.398 e. The summed E-state index contributed by atoms with van der Waals surface area (Å²) in [6.45, 7) is 0.605. The molecule has 0 aliphatic rings. The number of nitrogens with two attached hydrogens (primary N) is 1. The summed E-state index contributed by atoms with van der Waals surface area (Å²) in [5.41, 5.74) is 7.41. The second-order valence-electron chi connectivity index (χ2n) is 2.01. The van der Waals surface area contributed by atoms with E-state index in [1.165, 1.54) is 0 Å². The molecule has 0 amide bonds. The van der Waals surface area contributed by atoms with E-state index in [4.69, 9.17) is 17.5 Å². The van der Waals surface area contributed by atoms with Crippen LogP contribution in [0.1, 0.15) is 5.56 Å². The first kappa shape index (κ1) is 10.6. The average molecular weight is 193 g/mol. The highest BCUT2D eigenvalue weighted by atomic mass is 35.5. The van der Waals surface area contributed by atoms with Crippen molar-refractivity contribution in [3.63, 3.8) is 0 Å². The van der Waals surface area contributed by atoms with Crippen molar-refractivity contribution >= 4 is 29.9 Å². The van der Waals surface area contributed by atoms with Gasteiger partial charge in [-0.1, -0.05) is 18.2 Å². The van der Waals surface area contributed by atoms with Crippen molar-refractivity contribution < 1.29 is 0 Å². The lowest BCUT2D eigenvalue weighted by Crippen LogP contribution is -2.01. The Morgan fingerprint density at radius 1 is 1.36 bits per heavy atom. The summed E-state index contributed by atoms with van der Waals surface area (Å²) in [4.78, 5) is 2.52. The van der Waals surface area contributed by atoms with Crippen LogP contribution in [0, 0.1) is 0 Å². The Bertz CT molecular complexity index is 215. The van der Waals surface area contributed by atoms with E-state index in [-0.39, 0.29) is 12.4 Å². The topological polar surface area (TPSA) is 38.0 Å². The molecule has 3 N–H and O–H groups in total. The van der Waals surface area contributed by atoms with Crippen LogP contribution in [0.5, 0.6) is 0 Å². The summed E-state index contributed by atoms with van der Waals surface area (Å²) in [7, 11) is 0. The molecular weight excluding hydrogens is 183 g/mol. The molecule has 1 aromatic rings. The van der Waals surface area contributed by atoms with Gasteiger partial charge in [-0.25, -0.2) is 4.84 Å². The summed E-state index contributed by atoms with van der Waals surface area (Å²) >= 11 is 5.30. The fourth-order valence-electron chi connectivity index (χ4n) is 0.767. The summed E-state index contributed by atoms with van der Waals surface area (Å²) < 4.78 is 0. The van der Waals surface area contributed by atoms with Crippen LogP contribution < -0.4 is 10.6 Å². The Morgan fingerprint density at radius 2 is 2.00 bits per heavy atom. The van der Waals surface area contributed by atoms with Crippen molar-refractivity contribution in [1.29, 1.82) is 0 Å². The Kier molecular flexibility index (Phi) is 5.03. The van der Waals surface area contributed by atoms with Gasteiger partial charge in [-0.05, 0) is 23.4 Å². The van der Waals surface area contributed by atoms with Gasteiger partial charge in [0.05, 0.1) is 0 Å². The number of nitrogens with one attached hydrogen (secondary N) is 1. The predicted octanol–water partition coefficient (Wildman–Crippen LogP) is 1.93. The maximum absolute atomic E-state index is 5.61. The smallest absolute Gasteiger partial charge is 0.0379 e. The van der Waals surface area contributed by atoms with Crippen LogP contribution in [0.2, 0.25) is 0 Å². The minimum absolute atomic E-state index is 0. The third kappa shape index (κ3) is 2.97. The molecule has 11 heavy (non-hydrogen) atoms.